The van der Waals surface area contributed by atoms with E-state index in [1.165, 1.54) is 19.3 Å². The summed E-state index contributed by atoms with van der Waals surface area (Å²) in [5.74, 6) is 0.884. The van der Waals surface area contributed by atoms with Crippen LogP contribution in [0.1, 0.15) is 25.7 Å². The minimum absolute atomic E-state index is 0. The first-order valence-electron chi connectivity index (χ1n) is 5.38. The molecule has 0 aromatic carbocycles. The SMILES string of the molecule is C1=CCC2CC[CH-]C2=C1.[Br-].[Br-].[C-]1=CC=CC1.[Zr+4]. The van der Waals surface area contributed by atoms with Gasteiger partial charge in [-0.1, -0.05) is 6.42 Å². The maximum absolute atomic E-state index is 2.99. The topological polar surface area (TPSA) is 0 Å². The van der Waals surface area contributed by atoms with E-state index in [2.05, 4.69) is 36.8 Å². The molecule has 3 heteroatoms. The molecule has 1 fully saturated rings. The molecule has 0 aliphatic heterocycles. The van der Waals surface area contributed by atoms with Gasteiger partial charge in [-0.2, -0.15) is 6.08 Å². The van der Waals surface area contributed by atoms with Gasteiger partial charge in [0.1, 0.15) is 0 Å². The third kappa shape index (κ3) is 6.98. The molecule has 0 amide bonds. The van der Waals surface area contributed by atoms with Crippen molar-refractivity contribution in [3.8, 4) is 0 Å². The smallest absolute Gasteiger partial charge is 1.00 e. The summed E-state index contributed by atoms with van der Waals surface area (Å²) in [6.45, 7) is 0. The van der Waals surface area contributed by atoms with Crippen molar-refractivity contribution in [1.29, 1.82) is 0 Å². The number of hydrogen-bond acceptors (Lipinski definition) is 0. The Morgan fingerprint density at radius 2 is 2.00 bits per heavy atom. The van der Waals surface area contributed by atoms with Gasteiger partial charge in [-0.05, 0) is 12.3 Å². The van der Waals surface area contributed by atoms with E-state index in [-0.39, 0.29) is 60.2 Å². The number of hydrogen-bond donors (Lipinski definition) is 0. The van der Waals surface area contributed by atoms with Crippen molar-refractivity contribution in [2.75, 3.05) is 0 Å². The van der Waals surface area contributed by atoms with E-state index in [0.29, 0.717) is 0 Å². The fourth-order valence-corrected chi connectivity index (χ4v) is 2.00. The number of fused-ring (bicyclic) bond motifs is 1. The molecule has 0 N–H and O–H groups in total. The monoisotopic (exact) mass is 432 g/mol. The Balaban J connectivity index is 0. The summed E-state index contributed by atoms with van der Waals surface area (Å²) < 4.78 is 0. The van der Waals surface area contributed by atoms with E-state index in [4.69, 9.17) is 0 Å². The summed E-state index contributed by atoms with van der Waals surface area (Å²) in [6, 6.07) is 0. The van der Waals surface area contributed by atoms with Crippen LogP contribution in [0.5, 0.6) is 0 Å². The first kappa shape index (κ1) is 20.0. The van der Waals surface area contributed by atoms with Crippen LogP contribution in [0.25, 0.3) is 0 Å². The molecule has 17 heavy (non-hydrogen) atoms. The van der Waals surface area contributed by atoms with Crippen LogP contribution in [0, 0.1) is 18.4 Å². The Hall–Kier alpha value is 0.673. The Morgan fingerprint density at radius 1 is 1.18 bits per heavy atom. The molecule has 3 aliphatic carbocycles. The van der Waals surface area contributed by atoms with Crippen LogP contribution in [-0.4, -0.2) is 0 Å². The molecule has 3 rings (SSSR count). The third-order valence-electron chi connectivity index (χ3n) is 2.80. The molecular formula is C14H16Br2Zr. The first-order valence-corrected chi connectivity index (χ1v) is 5.38. The van der Waals surface area contributed by atoms with Crippen LogP contribution in [-0.2, 0) is 26.2 Å². The standard InChI is InChI=1S/C9H11.C5H5.2BrH.Zr/c1-2-5-9-7-3-6-8(9)4-1;1-2-4-5-3-1;;;/h1-2,4,6,9H,3,5,7H2;1-3H,4H2;2*1H;/q2*-1;;;+4/p-2. The van der Waals surface area contributed by atoms with Crippen LogP contribution in [0.2, 0.25) is 0 Å². The summed E-state index contributed by atoms with van der Waals surface area (Å²) in [5.41, 5.74) is 1.58. The van der Waals surface area contributed by atoms with Crippen molar-refractivity contribution in [1.82, 2.24) is 0 Å². The maximum atomic E-state index is 2.99. The molecule has 0 heterocycles. The van der Waals surface area contributed by atoms with Crippen LogP contribution < -0.4 is 34.0 Å². The number of rotatable bonds is 0. The zero-order chi connectivity index (χ0) is 9.64. The number of halogens is 2. The molecule has 0 nitrogen and oxygen atoms in total. The molecule has 0 saturated heterocycles. The molecule has 3 aliphatic rings. The van der Waals surface area contributed by atoms with Gasteiger partial charge >= 0.3 is 26.2 Å². The molecule has 0 aromatic rings. The second kappa shape index (κ2) is 11.7. The van der Waals surface area contributed by atoms with Gasteiger partial charge in [-0.3, -0.25) is 6.08 Å². The fraction of sp³-hybridized carbons (Fsp3) is 0.357. The van der Waals surface area contributed by atoms with Crippen molar-refractivity contribution in [2.45, 2.75) is 25.7 Å². The fourth-order valence-electron chi connectivity index (χ4n) is 2.00. The molecule has 90 valence electrons. The van der Waals surface area contributed by atoms with Crippen LogP contribution >= 0.6 is 0 Å². The largest absolute Gasteiger partial charge is 4.00 e. The Labute approximate surface area is 145 Å². The average Bonchev–Trinajstić information content (AvgIpc) is 2.92. The van der Waals surface area contributed by atoms with Crippen LogP contribution in [0.4, 0.5) is 0 Å². The van der Waals surface area contributed by atoms with Crippen molar-refractivity contribution in [3.63, 3.8) is 0 Å². The molecule has 0 spiro atoms. The Morgan fingerprint density at radius 3 is 2.53 bits per heavy atom. The van der Waals surface area contributed by atoms with Crippen molar-refractivity contribution >= 4 is 0 Å². The Kier molecular flexibility index (Phi) is 13.8. The summed E-state index contributed by atoms with van der Waals surface area (Å²) in [4.78, 5) is 0. The molecule has 1 saturated carbocycles. The molecule has 0 aromatic heterocycles. The van der Waals surface area contributed by atoms with Gasteiger partial charge in [-0.15, -0.1) is 25.0 Å². The van der Waals surface area contributed by atoms with Gasteiger partial charge in [0.25, 0.3) is 0 Å². The van der Waals surface area contributed by atoms with E-state index < -0.39 is 0 Å². The molecule has 1 unspecified atom stereocenters. The summed E-state index contributed by atoms with van der Waals surface area (Å²) >= 11 is 0. The van der Waals surface area contributed by atoms with Crippen LogP contribution in [0.3, 0.4) is 0 Å². The predicted octanol–water partition coefficient (Wildman–Crippen LogP) is -2.20. The zero-order valence-electron chi connectivity index (χ0n) is 9.70. The van der Waals surface area contributed by atoms with E-state index >= 15 is 0 Å². The van der Waals surface area contributed by atoms with Crippen LogP contribution in [0.15, 0.2) is 42.0 Å². The van der Waals surface area contributed by atoms with Crippen molar-refractivity contribution in [3.05, 3.63) is 54.5 Å². The molecular weight excluding hydrogens is 419 g/mol. The third-order valence-corrected chi connectivity index (χ3v) is 2.80. The molecule has 0 radical (unpaired) electrons. The normalized spacial score (nSPS) is 21.6. The molecule has 1 atom stereocenters. The van der Waals surface area contributed by atoms with Crippen molar-refractivity contribution in [2.24, 2.45) is 5.92 Å². The second-order valence-electron chi connectivity index (χ2n) is 3.81. The van der Waals surface area contributed by atoms with Gasteiger partial charge in [0.05, 0.1) is 0 Å². The Bertz CT molecular complexity index is 293. The zero-order valence-corrected chi connectivity index (χ0v) is 15.3. The van der Waals surface area contributed by atoms with Gasteiger partial charge in [-0.25, -0.2) is 30.2 Å². The van der Waals surface area contributed by atoms with E-state index in [1.54, 1.807) is 5.57 Å². The minimum atomic E-state index is 0. The summed E-state index contributed by atoms with van der Waals surface area (Å²) in [7, 11) is 0. The first-order chi connectivity index (χ1) is 6.97. The van der Waals surface area contributed by atoms with Crippen molar-refractivity contribution < 1.29 is 60.2 Å². The quantitative estimate of drug-likeness (QED) is 0.379. The predicted molar refractivity (Wildman–Crippen MR) is 60.4 cm³/mol. The average molecular weight is 435 g/mol. The van der Waals surface area contributed by atoms with Gasteiger partial charge in [0.2, 0.25) is 0 Å². The van der Waals surface area contributed by atoms with Gasteiger partial charge < -0.3 is 34.0 Å². The molecule has 0 bridgehead atoms. The minimum Gasteiger partial charge on any atom is -1.00 e. The van der Waals surface area contributed by atoms with Gasteiger partial charge in [0, 0.05) is 0 Å². The van der Waals surface area contributed by atoms with E-state index in [0.717, 1.165) is 12.3 Å². The van der Waals surface area contributed by atoms with E-state index in [1.807, 2.05) is 12.2 Å². The second-order valence-corrected chi connectivity index (χ2v) is 3.81. The van der Waals surface area contributed by atoms with Gasteiger partial charge in [0.15, 0.2) is 0 Å². The summed E-state index contributed by atoms with van der Waals surface area (Å²) in [6.07, 6.45) is 23.0. The summed E-state index contributed by atoms with van der Waals surface area (Å²) in [5, 5.41) is 0. The maximum Gasteiger partial charge on any atom is 4.00 e. The number of allylic oxidation sites excluding steroid dienone is 8. The van der Waals surface area contributed by atoms with E-state index in [9.17, 15) is 0 Å².